The Balaban J connectivity index is 1.42. The Bertz CT molecular complexity index is 582. The molecule has 1 aliphatic heterocycles. The second-order valence-electron chi connectivity index (χ2n) is 7.85. The number of rotatable bonds is 6. The van der Waals surface area contributed by atoms with Crippen LogP contribution in [-0.4, -0.2) is 47.6 Å². The standard InChI is InChI=1S/C20H29N3O2/c1-25-18-8-4-16(5-9-18)22-13-15-11-19(24)23(17-6-7-17)20(15)14-3-2-10-21-12-14/h2-3,10,12,15-18,20,22H,4-9,11,13H2,1H3/t15-,16?,18?,20-/m0/s1. The summed E-state index contributed by atoms with van der Waals surface area (Å²) in [6, 6.07) is 5.32. The lowest BCUT2D eigenvalue weighted by molar-refractivity contribution is -0.129. The van der Waals surface area contributed by atoms with Gasteiger partial charge in [-0.25, -0.2) is 0 Å². The van der Waals surface area contributed by atoms with Crippen molar-refractivity contribution in [1.82, 2.24) is 15.2 Å². The van der Waals surface area contributed by atoms with Gasteiger partial charge in [-0.1, -0.05) is 6.07 Å². The smallest absolute Gasteiger partial charge is 0.223 e. The van der Waals surface area contributed by atoms with Crippen molar-refractivity contribution < 1.29 is 9.53 Å². The minimum Gasteiger partial charge on any atom is -0.381 e. The first-order chi connectivity index (χ1) is 12.3. The van der Waals surface area contributed by atoms with Crippen molar-refractivity contribution in [1.29, 1.82) is 0 Å². The fourth-order valence-electron chi connectivity index (χ4n) is 4.60. The first kappa shape index (κ1) is 17.0. The van der Waals surface area contributed by atoms with E-state index in [4.69, 9.17) is 4.74 Å². The molecular formula is C20H29N3O2. The first-order valence-electron chi connectivity index (χ1n) is 9.73. The van der Waals surface area contributed by atoms with Crippen LogP contribution in [0.1, 0.15) is 56.6 Å². The van der Waals surface area contributed by atoms with Crippen LogP contribution in [0.15, 0.2) is 24.5 Å². The van der Waals surface area contributed by atoms with Gasteiger partial charge in [-0.15, -0.1) is 0 Å². The molecule has 1 saturated heterocycles. The van der Waals surface area contributed by atoms with Crippen LogP contribution in [0, 0.1) is 5.92 Å². The summed E-state index contributed by atoms with van der Waals surface area (Å²) in [7, 11) is 1.81. The van der Waals surface area contributed by atoms with Crippen LogP contribution >= 0.6 is 0 Å². The zero-order chi connectivity index (χ0) is 17.2. The van der Waals surface area contributed by atoms with Gasteiger partial charge < -0.3 is 15.0 Å². The van der Waals surface area contributed by atoms with E-state index in [-0.39, 0.29) is 6.04 Å². The minimum absolute atomic E-state index is 0.191. The Morgan fingerprint density at radius 2 is 2.04 bits per heavy atom. The van der Waals surface area contributed by atoms with Crippen LogP contribution in [0.4, 0.5) is 0 Å². The molecule has 0 bridgehead atoms. The zero-order valence-electron chi connectivity index (χ0n) is 15.1. The third-order valence-electron chi connectivity index (χ3n) is 6.11. The van der Waals surface area contributed by atoms with E-state index < -0.39 is 0 Å². The molecule has 3 fully saturated rings. The van der Waals surface area contributed by atoms with Gasteiger partial charge in [-0.05, 0) is 50.2 Å². The molecule has 0 unspecified atom stereocenters. The topological polar surface area (TPSA) is 54.5 Å². The van der Waals surface area contributed by atoms with Crippen LogP contribution in [0.5, 0.6) is 0 Å². The SMILES string of the molecule is COC1CCC(NC[C@@H]2CC(=O)N(C3CC3)[C@H]2c2cccnc2)CC1. The Labute approximate surface area is 150 Å². The maximum absolute atomic E-state index is 12.6. The molecule has 1 aromatic rings. The summed E-state index contributed by atoms with van der Waals surface area (Å²) in [6.07, 6.45) is 11.8. The lowest BCUT2D eigenvalue weighted by atomic mass is 9.91. The predicted octanol–water partition coefficient (Wildman–Crippen LogP) is 2.68. The number of pyridine rings is 1. The van der Waals surface area contributed by atoms with Gasteiger partial charge in [0.1, 0.15) is 0 Å². The lowest BCUT2D eigenvalue weighted by Gasteiger charge is -2.32. The number of hydrogen-bond donors (Lipinski definition) is 1. The average molecular weight is 343 g/mol. The van der Waals surface area contributed by atoms with Crippen molar-refractivity contribution in [2.45, 2.75) is 69.2 Å². The van der Waals surface area contributed by atoms with Gasteiger partial charge in [-0.2, -0.15) is 0 Å². The first-order valence-corrected chi connectivity index (χ1v) is 9.73. The summed E-state index contributed by atoms with van der Waals surface area (Å²) in [5, 5.41) is 3.75. The molecule has 2 saturated carbocycles. The molecule has 3 aliphatic rings. The number of ether oxygens (including phenoxy) is 1. The van der Waals surface area contributed by atoms with Gasteiger partial charge in [-0.3, -0.25) is 9.78 Å². The van der Waals surface area contributed by atoms with E-state index in [9.17, 15) is 4.79 Å². The Morgan fingerprint density at radius 1 is 1.24 bits per heavy atom. The summed E-state index contributed by atoms with van der Waals surface area (Å²) in [6.45, 7) is 0.914. The number of nitrogens with one attached hydrogen (secondary N) is 1. The van der Waals surface area contributed by atoms with E-state index in [0.29, 0.717) is 36.4 Å². The normalized spacial score (nSPS) is 33.0. The molecule has 5 heteroatoms. The molecule has 0 aromatic carbocycles. The number of nitrogens with zero attached hydrogens (tertiary/aromatic N) is 2. The van der Waals surface area contributed by atoms with Gasteiger partial charge in [0.05, 0.1) is 12.1 Å². The summed E-state index contributed by atoms with van der Waals surface area (Å²) in [5.41, 5.74) is 1.19. The second-order valence-corrected chi connectivity index (χ2v) is 7.85. The fraction of sp³-hybridized carbons (Fsp3) is 0.700. The molecule has 2 atom stereocenters. The Kier molecular flexibility index (Phi) is 5.04. The van der Waals surface area contributed by atoms with Crippen molar-refractivity contribution in [3.63, 3.8) is 0 Å². The number of likely N-dealkylation sites (tertiary alicyclic amines) is 1. The van der Waals surface area contributed by atoms with Crippen LogP contribution in [0.25, 0.3) is 0 Å². The molecule has 1 amide bonds. The Morgan fingerprint density at radius 3 is 2.68 bits per heavy atom. The van der Waals surface area contributed by atoms with Crippen LogP contribution in [0.2, 0.25) is 0 Å². The van der Waals surface area contributed by atoms with Gasteiger partial charge >= 0.3 is 0 Å². The van der Waals surface area contributed by atoms with Gasteiger partial charge in [0, 0.05) is 50.5 Å². The number of hydrogen-bond acceptors (Lipinski definition) is 4. The van der Waals surface area contributed by atoms with E-state index in [0.717, 1.165) is 32.2 Å². The number of methoxy groups -OCH3 is 1. The van der Waals surface area contributed by atoms with E-state index in [1.165, 1.54) is 18.4 Å². The summed E-state index contributed by atoms with van der Waals surface area (Å²) in [4.78, 5) is 19.1. The van der Waals surface area contributed by atoms with Crippen LogP contribution in [0.3, 0.4) is 0 Å². The average Bonchev–Trinajstić information content (AvgIpc) is 3.44. The lowest BCUT2D eigenvalue weighted by Crippen LogP contribution is -2.39. The molecule has 1 N–H and O–H groups in total. The van der Waals surface area contributed by atoms with Crippen molar-refractivity contribution in [3.8, 4) is 0 Å². The predicted molar refractivity (Wildman–Crippen MR) is 96.0 cm³/mol. The molecule has 0 spiro atoms. The van der Waals surface area contributed by atoms with Crippen molar-refractivity contribution in [2.24, 2.45) is 5.92 Å². The Hall–Kier alpha value is -1.46. The zero-order valence-corrected chi connectivity index (χ0v) is 15.1. The molecule has 1 aromatic heterocycles. The summed E-state index contributed by atoms with van der Waals surface area (Å²) >= 11 is 0. The summed E-state index contributed by atoms with van der Waals surface area (Å²) in [5.74, 6) is 0.670. The maximum Gasteiger partial charge on any atom is 0.223 e. The highest BCUT2D eigenvalue weighted by molar-refractivity contribution is 5.80. The summed E-state index contributed by atoms with van der Waals surface area (Å²) < 4.78 is 5.47. The highest BCUT2D eigenvalue weighted by Gasteiger charge is 2.47. The van der Waals surface area contributed by atoms with E-state index in [1.54, 1.807) is 0 Å². The third kappa shape index (κ3) is 3.72. The molecule has 2 aliphatic carbocycles. The molecule has 25 heavy (non-hydrogen) atoms. The van der Waals surface area contributed by atoms with Crippen molar-refractivity contribution in [2.75, 3.05) is 13.7 Å². The monoisotopic (exact) mass is 343 g/mol. The van der Waals surface area contributed by atoms with E-state index in [2.05, 4.69) is 21.3 Å². The molecular weight excluding hydrogens is 314 g/mol. The maximum atomic E-state index is 12.6. The second kappa shape index (κ2) is 7.42. The third-order valence-corrected chi connectivity index (χ3v) is 6.11. The quantitative estimate of drug-likeness (QED) is 0.863. The minimum atomic E-state index is 0.191. The molecule has 136 valence electrons. The molecule has 5 nitrogen and oxygen atoms in total. The molecule has 4 rings (SSSR count). The van der Waals surface area contributed by atoms with Gasteiger partial charge in [0.25, 0.3) is 0 Å². The number of aromatic nitrogens is 1. The van der Waals surface area contributed by atoms with E-state index >= 15 is 0 Å². The number of amides is 1. The highest BCUT2D eigenvalue weighted by atomic mass is 16.5. The fourth-order valence-corrected chi connectivity index (χ4v) is 4.60. The van der Waals surface area contributed by atoms with Crippen LogP contribution < -0.4 is 5.32 Å². The molecule has 0 radical (unpaired) electrons. The van der Waals surface area contributed by atoms with Crippen LogP contribution in [-0.2, 0) is 9.53 Å². The van der Waals surface area contributed by atoms with Crippen molar-refractivity contribution in [3.05, 3.63) is 30.1 Å². The van der Waals surface area contributed by atoms with E-state index in [1.807, 2.05) is 25.6 Å². The van der Waals surface area contributed by atoms with Gasteiger partial charge in [0.15, 0.2) is 0 Å². The molecule has 2 heterocycles. The van der Waals surface area contributed by atoms with Gasteiger partial charge in [0.2, 0.25) is 5.91 Å². The highest BCUT2D eigenvalue weighted by Crippen LogP contribution is 2.44. The largest absolute Gasteiger partial charge is 0.381 e. The van der Waals surface area contributed by atoms with Crippen molar-refractivity contribution >= 4 is 5.91 Å². The number of carbonyl (C=O) groups is 1. The number of carbonyl (C=O) groups excluding carboxylic acids is 1.